The van der Waals surface area contributed by atoms with E-state index in [0.717, 1.165) is 38.3 Å². The van der Waals surface area contributed by atoms with Gasteiger partial charge in [0.15, 0.2) is 10.9 Å². The van der Waals surface area contributed by atoms with Crippen molar-refractivity contribution in [2.45, 2.75) is 18.2 Å². The van der Waals surface area contributed by atoms with Gasteiger partial charge in [-0.1, -0.05) is 23.5 Å². The molecule has 0 aliphatic carbocycles. The molecule has 0 fully saturated rings. The number of aryl methyl sites for hydroxylation is 1. The highest BCUT2D eigenvalue weighted by Crippen LogP contribution is 2.34. The number of thiazole rings is 1. The number of nitrogens with zero attached hydrogens (tertiary/aromatic N) is 2. The van der Waals surface area contributed by atoms with Crippen molar-refractivity contribution in [3.63, 3.8) is 0 Å². The van der Waals surface area contributed by atoms with Gasteiger partial charge in [-0.2, -0.15) is 0 Å². The first-order valence-electron chi connectivity index (χ1n) is 9.38. The van der Waals surface area contributed by atoms with E-state index in [1.807, 2.05) is 38.1 Å². The predicted molar refractivity (Wildman–Crippen MR) is 123 cm³/mol. The molecular formula is C22H23N3O2S2. The first-order valence-corrected chi connectivity index (χ1v) is 11.4. The summed E-state index contributed by atoms with van der Waals surface area (Å²) in [5, 5.41) is 4.87. The van der Waals surface area contributed by atoms with Crippen LogP contribution < -0.4 is 10.2 Å². The fraction of sp³-hybridized carbons (Fsp3) is 0.273. The van der Waals surface area contributed by atoms with Gasteiger partial charge in [-0.15, -0.1) is 11.8 Å². The van der Waals surface area contributed by atoms with Gasteiger partial charge < -0.3 is 14.6 Å². The standard InChI is InChI=1S/C22H23N3O2S2/c1-13-16-11-17-19(29-22(24-17)25(2)3)12-18(16)27-20(13)21(26)23-10-9-14-5-7-15(28-4)8-6-14/h5-8,11-12H,9-10H2,1-4H3,(H,23,26). The van der Waals surface area contributed by atoms with Crippen LogP contribution in [0.2, 0.25) is 0 Å². The average molecular weight is 426 g/mol. The van der Waals surface area contributed by atoms with Crippen LogP contribution in [0.1, 0.15) is 21.7 Å². The van der Waals surface area contributed by atoms with Crippen LogP contribution in [0.3, 0.4) is 0 Å². The summed E-state index contributed by atoms with van der Waals surface area (Å²) in [7, 11) is 3.96. The van der Waals surface area contributed by atoms with Gasteiger partial charge in [-0.25, -0.2) is 4.98 Å². The van der Waals surface area contributed by atoms with Crippen LogP contribution in [0.4, 0.5) is 5.13 Å². The molecule has 0 bridgehead atoms. The molecule has 5 nitrogen and oxygen atoms in total. The fourth-order valence-corrected chi connectivity index (χ4v) is 4.54. The predicted octanol–water partition coefficient (Wildman–Crippen LogP) is 5.11. The Balaban J connectivity index is 1.50. The summed E-state index contributed by atoms with van der Waals surface area (Å²) in [5.41, 5.74) is 3.70. The van der Waals surface area contributed by atoms with Crippen molar-refractivity contribution in [3.8, 4) is 0 Å². The van der Waals surface area contributed by atoms with E-state index in [2.05, 4.69) is 40.8 Å². The van der Waals surface area contributed by atoms with Crippen LogP contribution in [0, 0.1) is 6.92 Å². The number of anilines is 1. The van der Waals surface area contributed by atoms with Gasteiger partial charge in [0.1, 0.15) is 5.58 Å². The number of thioether (sulfide) groups is 1. The van der Waals surface area contributed by atoms with Gasteiger partial charge in [-0.3, -0.25) is 4.79 Å². The molecule has 0 aliphatic heterocycles. The lowest BCUT2D eigenvalue weighted by molar-refractivity contribution is 0.0928. The topological polar surface area (TPSA) is 58.4 Å². The lowest BCUT2D eigenvalue weighted by Crippen LogP contribution is -2.25. The maximum Gasteiger partial charge on any atom is 0.287 e. The summed E-state index contributed by atoms with van der Waals surface area (Å²) < 4.78 is 6.97. The summed E-state index contributed by atoms with van der Waals surface area (Å²) >= 11 is 3.33. The molecule has 1 amide bonds. The number of hydrogen-bond donors (Lipinski definition) is 1. The van der Waals surface area contributed by atoms with Gasteiger partial charge in [0, 0.05) is 42.6 Å². The fourth-order valence-electron chi connectivity index (χ4n) is 3.23. The first-order chi connectivity index (χ1) is 14.0. The monoisotopic (exact) mass is 425 g/mol. The zero-order valence-corrected chi connectivity index (χ0v) is 18.5. The van der Waals surface area contributed by atoms with E-state index in [4.69, 9.17) is 4.42 Å². The number of benzene rings is 2. The summed E-state index contributed by atoms with van der Waals surface area (Å²) in [6.07, 6.45) is 2.85. The number of furan rings is 1. The minimum absolute atomic E-state index is 0.176. The lowest BCUT2D eigenvalue weighted by Gasteiger charge is -2.05. The van der Waals surface area contributed by atoms with Crippen molar-refractivity contribution >= 4 is 55.3 Å². The van der Waals surface area contributed by atoms with Crippen LogP contribution in [0.15, 0.2) is 45.7 Å². The van der Waals surface area contributed by atoms with Crippen molar-refractivity contribution < 1.29 is 9.21 Å². The van der Waals surface area contributed by atoms with Crippen LogP contribution in [0.25, 0.3) is 21.2 Å². The average Bonchev–Trinajstić information content (AvgIpc) is 3.28. The van der Waals surface area contributed by atoms with Crippen LogP contribution in [-0.2, 0) is 6.42 Å². The molecule has 2 aromatic carbocycles. The van der Waals surface area contributed by atoms with E-state index in [1.54, 1.807) is 23.1 Å². The second kappa shape index (κ2) is 8.08. The molecule has 0 spiro atoms. The third-order valence-electron chi connectivity index (χ3n) is 4.88. The molecule has 29 heavy (non-hydrogen) atoms. The highest BCUT2D eigenvalue weighted by Gasteiger charge is 2.19. The third-order valence-corrected chi connectivity index (χ3v) is 6.81. The molecule has 2 aromatic heterocycles. The van der Waals surface area contributed by atoms with E-state index in [9.17, 15) is 4.79 Å². The van der Waals surface area contributed by atoms with Crippen molar-refractivity contribution in [3.05, 3.63) is 53.3 Å². The van der Waals surface area contributed by atoms with E-state index < -0.39 is 0 Å². The molecule has 7 heteroatoms. The molecule has 0 radical (unpaired) electrons. The zero-order chi connectivity index (χ0) is 20.5. The van der Waals surface area contributed by atoms with Crippen LogP contribution >= 0.6 is 23.1 Å². The van der Waals surface area contributed by atoms with Gasteiger partial charge in [-0.05, 0) is 43.4 Å². The number of aromatic nitrogens is 1. The molecule has 4 rings (SSSR count). The van der Waals surface area contributed by atoms with Crippen LogP contribution in [-0.4, -0.2) is 37.8 Å². The van der Waals surface area contributed by atoms with E-state index >= 15 is 0 Å². The Morgan fingerprint density at radius 3 is 2.69 bits per heavy atom. The summed E-state index contributed by atoms with van der Waals surface area (Å²) in [6, 6.07) is 12.4. The maximum atomic E-state index is 12.7. The Hall–Kier alpha value is -2.51. The Morgan fingerprint density at radius 1 is 1.24 bits per heavy atom. The quantitative estimate of drug-likeness (QED) is 0.435. The van der Waals surface area contributed by atoms with E-state index in [0.29, 0.717) is 12.3 Å². The smallest absolute Gasteiger partial charge is 0.287 e. The van der Waals surface area contributed by atoms with Gasteiger partial charge in [0.05, 0.1) is 10.2 Å². The molecule has 0 aliphatic rings. The number of fused-ring (bicyclic) bond motifs is 2. The van der Waals surface area contributed by atoms with Crippen molar-refractivity contribution in [2.24, 2.45) is 0 Å². The number of hydrogen-bond acceptors (Lipinski definition) is 6. The van der Waals surface area contributed by atoms with Gasteiger partial charge in [0.25, 0.3) is 5.91 Å². The van der Waals surface area contributed by atoms with Gasteiger partial charge in [0.2, 0.25) is 0 Å². The second-order valence-electron chi connectivity index (χ2n) is 7.12. The molecule has 2 heterocycles. The number of nitrogens with one attached hydrogen (secondary N) is 1. The molecule has 150 valence electrons. The van der Waals surface area contributed by atoms with Crippen LogP contribution in [0.5, 0.6) is 0 Å². The zero-order valence-electron chi connectivity index (χ0n) is 16.9. The highest BCUT2D eigenvalue weighted by atomic mass is 32.2. The summed E-state index contributed by atoms with van der Waals surface area (Å²) in [6.45, 7) is 2.49. The van der Waals surface area contributed by atoms with Gasteiger partial charge >= 0.3 is 0 Å². The third kappa shape index (κ3) is 3.97. The molecule has 0 saturated carbocycles. The number of carbonyl (C=O) groups is 1. The molecule has 0 atom stereocenters. The first kappa shape index (κ1) is 19.8. The largest absolute Gasteiger partial charge is 0.451 e. The molecule has 0 saturated heterocycles. The Kier molecular flexibility index (Phi) is 5.52. The SMILES string of the molecule is CSc1ccc(CCNC(=O)c2oc3cc4sc(N(C)C)nc4cc3c2C)cc1. The van der Waals surface area contributed by atoms with Crippen molar-refractivity contribution in [1.29, 1.82) is 0 Å². The molecule has 4 aromatic rings. The Labute approximate surface area is 178 Å². The van der Waals surface area contributed by atoms with Crippen molar-refractivity contribution in [2.75, 3.05) is 31.8 Å². The highest BCUT2D eigenvalue weighted by molar-refractivity contribution is 7.98. The number of carbonyl (C=O) groups excluding carboxylic acids is 1. The Bertz CT molecular complexity index is 1180. The summed E-state index contributed by atoms with van der Waals surface area (Å²) in [5.74, 6) is 0.202. The molecule has 1 N–H and O–H groups in total. The van der Waals surface area contributed by atoms with E-state index in [-0.39, 0.29) is 5.91 Å². The minimum atomic E-state index is -0.176. The summed E-state index contributed by atoms with van der Waals surface area (Å²) in [4.78, 5) is 20.6. The van der Waals surface area contributed by atoms with E-state index in [1.165, 1.54) is 10.5 Å². The van der Waals surface area contributed by atoms with Crippen molar-refractivity contribution in [1.82, 2.24) is 10.3 Å². The normalized spacial score (nSPS) is 11.3. The second-order valence-corrected chi connectivity index (χ2v) is 9.01. The molecule has 0 unspecified atom stereocenters. The lowest BCUT2D eigenvalue weighted by atomic mass is 10.1. The number of rotatable bonds is 6. The number of amides is 1. The minimum Gasteiger partial charge on any atom is -0.451 e. The molecular weight excluding hydrogens is 402 g/mol. The Morgan fingerprint density at radius 2 is 2.00 bits per heavy atom. The maximum absolute atomic E-state index is 12.7.